The summed E-state index contributed by atoms with van der Waals surface area (Å²) in [5, 5.41) is 26.3. The zero-order chi connectivity index (χ0) is 76.6. The van der Waals surface area contributed by atoms with E-state index in [-0.39, 0.29) is 50.0 Å². The van der Waals surface area contributed by atoms with Gasteiger partial charge in [0, 0.05) is 62.0 Å². The third-order valence-electron chi connectivity index (χ3n) is 19.7. The number of amides is 11. The second-order valence-corrected chi connectivity index (χ2v) is 30.0. The molecule has 2 aliphatic heterocycles. The largest absolute Gasteiger partial charge is 0.497 e. The molecule has 574 valence electrons. The molecule has 0 aromatic heterocycles. The Morgan fingerprint density at radius 1 is 0.505 bits per heavy atom. The quantitative estimate of drug-likeness (QED) is 0.0848. The van der Waals surface area contributed by atoms with Crippen LogP contribution in [0.15, 0.2) is 24.3 Å². The normalized spacial score (nSPS) is 26.4. The van der Waals surface area contributed by atoms with Crippen molar-refractivity contribution in [1.29, 1.82) is 0 Å². The van der Waals surface area contributed by atoms with E-state index in [2.05, 4.69) is 31.5 Å². The molecule has 2 aliphatic rings. The van der Waals surface area contributed by atoms with Gasteiger partial charge in [-0.1, -0.05) is 95.2 Å². The summed E-state index contributed by atoms with van der Waals surface area (Å²) in [4.78, 5) is 173. The van der Waals surface area contributed by atoms with Crippen molar-refractivity contribution in [2.24, 2.45) is 35.5 Å². The van der Waals surface area contributed by atoms with E-state index in [1.807, 2.05) is 65.8 Å². The van der Waals surface area contributed by atoms with E-state index < -0.39 is 161 Å². The van der Waals surface area contributed by atoms with E-state index >= 15 is 28.8 Å². The van der Waals surface area contributed by atoms with Crippen molar-refractivity contribution in [2.75, 3.05) is 88.9 Å². The van der Waals surface area contributed by atoms with Gasteiger partial charge in [0.2, 0.25) is 65.0 Å². The van der Waals surface area contributed by atoms with Gasteiger partial charge in [-0.3, -0.25) is 57.6 Å². The number of carbonyl (C=O) groups excluding carboxylic acids is 11. The summed E-state index contributed by atoms with van der Waals surface area (Å²) in [6.45, 7) is 31.3. The topological polar surface area (TPSA) is 319 Å². The van der Waals surface area contributed by atoms with Crippen LogP contribution in [0.1, 0.15) is 168 Å². The molecule has 6 N–H and O–H groups in total. The van der Waals surface area contributed by atoms with Gasteiger partial charge in [-0.2, -0.15) is 0 Å². The maximum absolute atomic E-state index is 15.3. The van der Waals surface area contributed by atoms with Crippen molar-refractivity contribution in [2.45, 2.75) is 247 Å². The summed E-state index contributed by atoms with van der Waals surface area (Å²) in [6.07, 6.45) is 0.747. The van der Waals surface area contributed by atoms with Gasteiger partial charge < -0.3 is 75.3 Å². The lowest BCUT2D eigenvalue weighted by Crippen LogP contribution is -2.64. The third-order valence-corrected chi connectivity index (χ3v) is 19.7. The summed E-state index contributed by atoms with van der Waals surface area (Å²) < 4.78 is 17.2. The number of aliphatic hydroxyl groups is 1. The minimum absolute atomic E-state index is 0.0234. The molecule has 0 saturated carbocycles. The molecule has 0 spiro atoms. The number of rotatable bonds is 23. The first-order valence-electron chi connectivity index (χ1n) is 36.6. The number of methoxy groups -OCH3 is 1. The van der Waals surface area contributed by atoms with Gasteiger partial charge in [0.15, 0.2) is 0 Å². The second-order valence-electron chi connectivity index (χ2n) is 30.0. The Bertz CT molecular complexity index is 2870. The molecule has 101 heavy (non-hydrogen) atoms. The summed E-state index contributed by atoms with van der Waals surface area (Å²) in [6, 6.07) is -6.83. The van der Waals surface area contributed by atoms with Crippen LogP contribution in [0.25, 0.3) is 0 Å². The molecule has 11 amide bonds. The molecule has 2 saturated heterocycles. The molecule has 0 radical (unpaired) electrons. The Morgan fingerprint density at radius 3 is 1.52 bits per heavy atom. The van der Waals surface area contributed by atoms with E-state index in [1.54, 1.807) is 55.6 Å². The Morgan fingerprint density at radius 2 is 1.00 bits per heavy atom. The van der Waals surface area contributed by atoms with Crippen molar-refractivity contribution in [1.82, 2.24) is 60.9 Å². The number of hydrogen-bond acceptors (Lipinski definition) is 16. The van der Waals surface area contributed by atoms with Crippen molar-refractivity contribution in [3.05, 3.63) is 29.8 Å². The minimum atomic E-state index is -1.71. The van der Waals surface area contributed by atoms with Crippen molar-refractivity contribution >= 4 is 65.0 Å². The molecular formula is C74H128N12O15. The predicted molar refractivity (Wildman–Crippen MR) is 387 cm³/mol. The van der Waals surface area contributed by atoms with Gasteiger partial charge in [-0.15, -0.1) is 0 Å². The molecule has 27 heteroatoms. The van der Waals surface area contributed by atoms with Gasteiger partial charge in [0.1, 0.15) is 72.2 Å². The van der Waals surface area contributed by atoms with Crippen molar-refractivity contribution < 1.29 is 72.1 Å². The second kappa shape index (κ2) is 42.0. The van der Waals surface area contributed by atoms with Crippen LogP contribution in [-0.2, 0) is 68.6 Å². The fourth-order valence-electron chi connectivity index (χ4n) is 13.1. The van der Waals surface area contributed by atoms with E-state index in [1.165, 1.54) is 87.6 Å². The highest BCUT2D eigenvalue weighted by molar-refractivity contribution is 6.00. The maximum atomic E-state index is 15.3. The third kappa shape index (κ3) is 25.7. The number of benzene rings is 1. The molecule has 1 aromatic carbocycles. The first-order valence-corrected chi connectivity index (χ1v) is 36.6. The van der Waals surface area contributed by atoms with E-state index in [0.29, 0.717) is 44.6 Å². The van der Waals surface area contributed by atoms with Crippen LogP contribution in [0, 0.1) is 35.5 Å². The number of likely N-dealkylation sites (N-methyl/N-ethyl adjacent to an activating group) is 6. The smallest absolute Gasteiger partial charge is 0.246 e. The SMILES string of the molecule is CC[C@@H]1NC(=O)[C@H]([C@H](O)[C@H](C)CCCc2ccc(OC)cc2)NC(=O)[C@H](C(C)C)N(C)C(=O)[C@H](CC(C)C)N(C)C(=O)[C@H](CC(C)C)N(C)C(=O)[C@@H](C)NC(=O)[C@H](C)NC(=O)[C@H](CC(C)C)N(C)C(=O)[C@H](C(C)C)NC(=O)[C@H]([C@@H](C)OCCCCN2CCOCC2)N(C)C(=O)[C@@H](C)N(C)C1=O. The van der Waals surface area contributed by atoms with Gasteiger partial charge in [0.05, 0.1) is 32.5 Å². The summed E-state index contributed by atoms with van der Waals surface area (Å²) in [7, 11) is 10.1. The number of unbranched alkanes of at least 4 members (excludes halogenated alkanes) is 1. The van der Waals surface area contributed by atoms with Crippen molar-refractivity contribution in [3.8, 4) is 5.75 Å². The average molecular weight is 1430 g/mol. The lowest BCUT2D eigenvalue weighted by Gasteiger charge is -2.40. The van der Waals surface area contributed by atoms with Crippen LogP contribution < -0.4 is 31.3 Å². The lowest BCUT2D eigenvalue weighted by atomic mass is 9.90. The Labute approximate surface area is 602 Å². The number of aliphatic hydroxyl groups excluding tert-OH is 1. The standard InChI is InChI=1S/C74H128N12O15/c1-24-55-71(95)80(17)51(15)70(94)85(22)62(52(16)101-37-26-25-34-86-35-38-100-39-36-86)68(92)78-59(46(8)9)74(98)81(18)56(40-43(2)3)65(89)75-49(13)64(88)76-50(14)69(93)82(19)57(41-44(4)5)72(96)83(20)58(42-45(6)7)73(97)84(21)61(47(10)11)67(91)79-60(66(90)77-55)63(87)48(12)28-27-29-53-30-32-54(99-23)33-31-53/h30-33,43-52,55-63,87H,24-29,34-42H2,1-23H3,(H,75,89)(H,76,88)(H,77,90)(H,78,92)(H,79,91)/t48-,49+,50-,51-,52-,55+,56+,57+,58+,59+,60+,61+,62+,63-/m1/s1. The minimum Gasteiger partial charge on any atom is -0.497 e. The summed E-state index contributed by atoms with van der Waals surface area (Å²) in [5.41, 5.74) is 1.00. The van der Waals surface area contributed by atoms with Gasteiger partial charge in [0.25, 0.3) is 0 Å². The summed E-state index contributed by atoms with van der Waals surface area (Å²) >= 11 is 0. The molecule has 2 fully saturated rings. The molecule has 27 nitrogen and oxygen atoms in total. The van der Waals surface area contributed by atoms with Gasteiger partial charge in [-0.25, -0.2) is 0 Å². The average Bonchev–Trinajstić information content (AvgIpc) is 0.820. The zero-order valence-corrected chi connectivity index (χ0v) is 65.2. The summed E-state index contributed by atoms with van der Waals surface area (Å²) in [5.74, 6) is -9.60. The molecule has 1 aromatic rings. The van der Waals surface area contributed by atoms with Crippen LogP contribution >= 0.6 is 0 Å². The van der Waals surface area contributed by atoms with Crippen LogP contribution in [0.3, 0.4) is 0 Å². The van der Waals surface area contributed by atoms with Gasteiger partial charge >= 0.3 is 0 Å². The highest BCUT2D eigenvalue weighted by Crippen LogP contribution is 2.25. The lowest BCUT2D eigenvalue weighted by molar-refractivity contribution is -0.154. The maximum Gasteiger partial charge on any atom is 0.246 e. The number of carbonyl (C=O) groups is 11. The first kappa shape index (κ1) is 88.2. The Hall–Kier alpha value is -6.97. The van der Waals surface area contributed by atoms with Crippen LogP contribution in [0.2, 0.25) is 0 Å². The van der Waals surface area contributed by atoms with E-state index in [4.69, 9.17) is 14.2 Å². The number of nitrogens with zero attached hydrogens (tertiary/aromatic N) is 7. The number of aryl methyl sites for hydroxylation is 1. The molecule has 0 unspecified atom stereocenters. The molecule has 14 atom stereocenters. The highest BCUT2D eigenvalue weighted by atomic mass is 16.5. The van der Waals surface area contributed by atoms with Crippen LogP contribution in [0.4, 0.5) is 0 Å². The Balaban J connectivity index is 2.30. The zero-order valence-electron chi connectivity index (χ0n) is 65.2. The molecule has 0 bridgehead atoms. The number of ether oxygens (including phenoxy) is 3. The van der Waals surface area contributed by atoms with Crippen LogP contribution in [0.5, 0.6) is 5.75 Å². The van der Waals surface area contributed by atoms with Gasteiger partial charge in [-0.05, 0) is 145 Å². The number of nitrogens with one attached hydrogen (secondary N) is 5. The number of hydrogen-bond donors (Lipinski definition) is 6. The van der Waals surface area contributed by atoms with Crippen molar-refractivity contribution in [3.63, 3.8) is 0 Å². The monoisotopic (exact) mass is 1420 g/mol. The van der Waals surface area contributed by atoms with E-state index in [9.17, 15) is 29.1 Å². The van der Waals surface area contributed by atoms with E-state index in [0.717, 1.165) is 36.5 Å². The first-order chi connectivity index (χ1) is 47.2. The molecule has 0 aliphatic carbocycles. The molecule has 3 rings (SSSR count). The molecular weight excluding hydrogens is 1300 g/mol. The fraction of sp³-hybridized carbons (Fsp3) is 0.770. The Kier molecular flexibility index (Phi) is 36.7. The molecule has 2 heterocycles. The highest BCUT2D eigenvalue weighted by Gasteiger charge is 2.45. The fourth-order valence-corrected chi connectivity index (χ4v) is 13.1. The van der Waals surface area contributed by atoms with Crippen LogP contribution in [-0.4, -0.2) is 272 Å². The number of morpholine rings is 1. The predicted octanol–water partition coefficient (Wildman–Crippen LogP) is 3.85.